The van der Waals surface area contributed by atoms with Gasteiger partial charge in [0.2, 0.25) is 0 Å². The maximum absolute atomic E-state index is 12.8. The molecule has 4 rings (SSSR count). The van der Waals surface area contributed by atoms with Crippen LogP contribution in [0, 0.1) is 10.1 Å². The van der Waals surface area contributed by atoms with Gasteiger partial charge in [0.05, 0.1) is 15.5 Å². The molecule has 0 radical (unpaired) electrons. The number of ketones is 2. The molecule has 0 unspecified atom stereocenters. The summed E-state index contributed by atoms with van der Waals surface area (Å²) < 4.78 is 0. The standard InChI is InChI=1S/C21H11ClN2O5/c22-18-8-6-12(24(28)29)10-17(18)21(27)23-11-5-7-15-16(9-11)20(26)14-4-2-1-3-13(14)19(15)25/h1-10H,(H,23,27). The molecule has 0 aliphatic heterocycles. The largest absolute Gasteiger partial charge is 0.322 e. The molecule has 1 amide bonds. The zero-order valence-electron chi connectivity index (χ0n) is 14.6. The molecule has 0 aromatic heterocycles. The summed E-state index contributed by atoms with van der Waals surface area (Å²) in [5, 5.41) is 13.5. The van der Waals surface area contributed by atoms with E-state index in [2.05, 4.69) is 5.32 Å². The average Bonchev–Trinajstić information content (AvgIpc) is 2.72. The summed E-state index contributed by atoms with van der Waals surface area (Å²) in [6.07, 6.45) is 0. The lowest BCUT2D eigenvalue weighted by Gasteiger charge is -2.18. The van der Waals surface area contributed by atoms with Gasteiger partial charge in [0.25, 0.3) is 11.6 Å². The van der Waals surface area contributed by atoms with Crippen molar-refractivity contribution in [1.29, 1.82) is 0 Å². The van der Waals surface area contributed by atoms with Gasteiger partial charge in [0.1, 0.15) is 0 Å². The summed E-state index contributed by atoms with van der Waals surface area (Å²) in [6.45, 7) is 0. The number of non-ortho nitro benzene ring substituents is 1. The number of amides is 1. The van der Waals surface area contributed by atoms with E-state index in [1.54, 1.807) is 24.3 Å². The van der Waals surface area contributed by atoms with Crippen LogP contribution in [0.3, 0.4) is 0 Å². The summed E-state index contributed by atoms with van der Waals surface area (Å²) in [5.74, 6) is -1.26. The maximum atomic E-state index is 12.8. The van der Waals surface area contributed by atoms with E-state index in [0.29, 0.717) is 11.1 Å². The molecule has 0 spiro atoms. The molecule has 0 bridgehead atoms. The van der Waals surface area contributed by atoms with Crippen molar-refractivity contribution in [2.45, 2.75) is 0 Å². The Morgan fingerprint density at radius 1 is 0.862 bits per heavy atom. The molecule has 0 fully saturated rings. The number of halogens is 1. The van der Waals surface area contributed by atoms with Gasteiger partial charge in [-0.1, -0.05) is 35.9 Å². The molecule has 1 aliphatic rings. The predicted octanol–water partition coefficient (Wildman–Crippen LogP) is 4.28. The summed E-state index contributed by atoms with van der Waals surface area (Å²) in [7, 11) is 0. The first-order valence-corrected chi connectivity index (χ1v) is 8.82. The van der Waals surface area contributed by atoms with Gasteiger partial charge in [-0.25, -0.2) is 0 Å². The summed E-state index contributed by atoms with van der Waals surface area (Å²) in [4.78, 5) is 48.3. The van der Waals surface area contributed by atoms with E-state index in [9.17, 15) is 24.5 Å². The Balaban J connectivity index is 1.68. The molecule has 1 N–H and O–H groups in total. The quantitative estimate of drug-likeness (QED) is 0.403. The smallest absolute Gasteiger partial charge is 0.270 e. The molecule has 3 aromatic carbocycles. The lowest BCUT2D eigenvalue weighted by atomic mass is 9.84. The number of benzene rings is 3. The van der Waals surface area contributed by atoms with Gasteiger partial charge < -0.3 is 5.32 Å². The Morgan fingerprint density at radius 2 is 1.48 bits per heavy atom. The van der Waals surface area contributed by atoms with Crippen molar-refractivity contribution in [3.05, 3.63) is 104 Å². The highest BCUT2D eigenvalue weighted by Crippen LogP contribution is 2.30. The zero-order chi connectivity index (χ0) is 20.7. The van der Waals surface area contributed by atoms with Crippen molar-refractivity contribution in [2.75, 3.05) is 5.32 Å². The molecular formula is C21H11ClN2O5. The first-order chi connectivity index (χ1) is 13.9. The molecule has 8 heteroatoms. The van der Waals surface area contributed by atoms with E-state index in [4.69, 9.17) is 11.6 Å². The number of nitrogens with zero attached hydrogens (tertiary/aromatic N) is 1. The van der Waals surface area contributed by atoms with Crippen LogP contribution in [0.25, 0.3) is 0 Å². The Hall–Kier alpha value is -3.84. The molecule has 142 valence electrons. The van der Waals surface area contributed by atoms with Crippen LogP contribution in [0.4, 0.5) is 11.4 Å². The monoisotopic (exact) mass is 406 g/mol. The second-order valence-electron chi connectivity index (χ2n) is 6.34. The van der Waals surface area contributed by atoms with Gasteiger partial charge in [-0.3, -0.25) is 24.5 Å². The Bertz CT molecular complexity index is 1240. The molecule has 0 saturated carbocycles. The number of rotatable bonds is 3. The summed E-state index contributed by atoms with van der Waals surface area (Å²) in [6, 6.07) is 14.4. The third-order valence-corrected chi connectivity index (χ3v) is 4.92. The number of fused-ring (bicyclic) bond motifs is 2. The number of carbonyl (C=O) groups is 3. The molecular weight excluding hydrogens is 396 g/mol. The minimum absolute atomic E-state index is 0.0474. The fourth-order valence-corrected chi connectivity index (χ4v) is 3.38. The highest BCUT2D eigenvalue weighted by atomic mass is 35.5. The van der Waals surface area contributed by atoms with Gasteiger partial charge in [-0.15, -0.1) is 0 Å². The molecule has 7 nitrogen and oxygen atoms in total. The predicted molar refractivity (Wildman–Crippen MR) is 106 cm³/mol. The lowest BCUT2D eigenvalue weighted by Crippen LogP contribution is -2.21. The first kappa shape index (κ1) is 18.5. The topological polar surface area (TPSA) is 106 Å². The summed E-state index contributed by atoms with van der Waals surface area (Å²) in [5.41, 5.74) is 0.975. The third kappa shape index (κ3) is 3.17. The van der Waals surface area contributed by atoms with E-state index in [1.807, 2.05) is 0 Å². The van der Waals surface area contributed by atoms with Gasteiger partial charge in [-0.05, 0) is 24.3 Å². The Labute approximate surface area is 169 Å². The number of hydrogen-bond donors (Lipinski definition) is 1. The van der Waals surface area contributed by atoms with Crippen LogP contribution in [0.1, 0.15) is 42.2 Å². The Kier molecular flexibility index (Phi) is 4.44. The van der Waals surface area contributed by atoms with Crippen LogP contribution in [-0.2, 0) is 0 Å². The number of nitro benzene ring substituents is 1. The highest BCUT2D eigenvalue weighted by Gasteiger charge is 2.29. The van der Waals surface area contributed by atoms with Gasteiger partial charge in [0.15, 0.2) is 11.6 Å². The lowest BCUT2D eigenvalue weighted by molar-refractivity contribution is -0.384. The van der Waals surface area contributed by atoms with Gasteiger partial charge in [0, 0.05) is 40.1 Å². The van der Waals surface area contributed by atoms with Crippen molar-refractivity contribution in [3.63, 3.8) is 0 Å². The van der Waals surface area contributed by atoms with Crippen LogP contribution in [0.5, 0.6) is 0 Å². The van der Waals surface area contributed by atoms with E-state index in [0.717, 1.165) is 6.07 Å². The van der Waals surface area contributed by atoms with Crippen molar-refractivity contribution in [2.24, 2.45) is 0 Å². The normalized spacial score (nSPS) is 12.2. The fraction of sp³-hybridized carbons (Fsp3) is 0. The molecule has 0 saturated heterocycles. The number of nitro groups is 1. The molecule has 0 heterocycles. The number of carbonyl (C=O) groups excluding carboxylic acids is 3. The number of anilines is 1. The van der Waals surface area contributed by atoms with E-state index < -0.39 is 10.8 Å². The van der Waals surface area contributed by atoms with Crippen LogP contribution < -0.4 is 5.32 Å². The second kappa shape index (κ2) is 6.96. The van der Waals surface area contributed by atoms with Gasteiger partial charge >= 0.3 is 0 Å². The molecule has 3 aromatic rings. The first-order valence-electron chi connectivity index (χ1n) is 8.44. The van der Waals surface area contributed by atoms with E-state index in [1.165, 1.54) is 30.3 Å². The van der Waals surface area contributed by atoms with Crippen LogP contribution >= 0.6 is 11.6 Å². The highest BCUT2D eigenvalue weighted by molar-refractivity contribution is 6.34. The van der Waals surface area contributed by atoms with Crippen molar-refractivity contribution < 1.29 is 19.3 Å². The maximum Gasteiger partial charge on any atom is 0.270 e. The third-order valence-electron chi connectivity index (χ3n) is 4.59. The zero-order valence-corrected chi connectivity index (χ0v) is 15.4. The molecule has 29 heavy (non-hydrogen) atoms. The number of hydrogen-bond acceptors (Lipinski definition) is 5. The SMILES string of the molecule is O=C(Nc1ccc2c(c1)C(=O)c1ccccc1C2=O)c1cc([N+](=O)[O-])ccc1Cl. The number of nitrogens with one attached hydrogen (secondary N) is 1. The van der Waals surface area contributed by atoms with Crippen molar-refractivity contribution in [1.82, 2.24) is 0 Å². The van der Waals surface area contributed by atoms with E-state index in [-0.39, 0.29) is 44.7 Å². The van der Waals surface area contributed by atoms with Crippen LogP contribution in [-0.4, -0.2) is 22.4 Å². The van der Waals surface area contributed by atoms with E-state index >= 15 is 0 Å². The molecule has 0 atom stereocenters. The fourth-order valence-electron chi connectivity index (χ4n) is 3.18. The minimum Gasteiger partial charge on any atom is -0.322 e. The molecule has 1 aliphatic carbocycles. The summed E-state index contributed by atoms with van der Waals surface area (Å²) >= 11 is 5.99. The Morgan fingerprint density at radius 3 is 2.14 bits per heavy atom. The van der Waals surface area contributed by atoms with Crippen molar-refractivity contribution in [3.8, 4) is 0 Å². The van der Waals surface area contributed by atoms with Crippen LogP contribution in [0.2, 0.25) is 5.02 Å². The van der Waals surface area contributed by atoms with Gasteiger partial charge in [-0.2, -0.15) is 0 Å². The van der Waals surface area contributed by atoms with Crippen LogP contribution in [0.15, 0.2) is 60.7 Å². The minimum atomic E-state index is -0.673. The average molecular weight is 407 g/mol. The van der Waals surface area contributed by atoms with Crippen molar-refractivity contribution >= 4 is 40.4 Å². The second-order valence-corrected chi connectivity index (χ2v) is 6.75.